The molecule has 0 saturated carbocycles. The number of carbonyl (C=O) groups is 1. The molecule has 1 fully saturated rings. The van der Waals surface area contributed by atoms with Gasteiger partial charge in [0.25, 0.3) is 0 Å². The van der Waals surface area contributed by atoms with E-state index in [0.29, 0.717) is 6.54 Å². The molecule has 2 N–H and O–H groups in total. The predicted molar refractivity (Wildman–Crippen MR) is 91.0 cm³/mol. The first-order valence-corrected chi connectivity index (χ1v) is 7.98. The molecule has 1 heterocycles. The number of piperazine rings is 1. The summed E-state index contributed by atoms with van der Waals surface area (Å²) in [5.74, 6) is 0.0595. The molecule has 1 aromatic rings. The van der Waals surface area contributed by atoms with Crippen molar-refractivity contribution in [3.05, 3.63) is 27.3 Å². The van der Waals surface area contributed by atoms with E-state index >= 15 is 0 Å². The van der Waals surface area contributed by atoms with E-state index in [1.807, 2.05) is 19.1 Å². The van der Waals surface area contributed by atoms with E-state index in [0.717, 1.165) is 30.9 Å². The Labute approximate surface area is 134 Å². The van der Waals surface area contributed by atoms with Crippen molar-refractivity contribution in [2.45, 2.75) is 26.3 Å². The lowest BCUT2D eigenvalue weighted by molar-refractivity contribution is -0.119. The summed E-state index contributed by atoms with van der Waals surface area (Å²) in [6.07, 6.45) is 0. The molecule has 20 heavy (non-hydrogen) atoms. The monoisotopic (exact) mass is 387 g/mol. The van der Waals surface area contributed by atoms with Crippen LogP contribution in [0.5, 0.6) is 0 Å². The maximum atomic E-state index is 12.2. The van der Waals surface area contributed by atoms with Crippen LogP contribution in [0.25, 0.3) is 0 Å². The molecule has 1 aliphatic rings. The van der Waals surface area contributed by atoms with Gasteiger partial charge in [0.1, 0.15) is 0 Å². The van der Waals surface area contributed by atoms with Gasteiger partial charge in [0, 0.05) is 34.4 Å². The normalized spacial score (nSPS) is 18.8. The third-order valence-corrected chi connectivity index (χ3v) is 4.44. The van der Waals surface area contributed by atoms with E-state index < -0.39 is 0 Å². The van der Waals surface area contributed by atoms with Crippen molar-refractivity contribution in [3.63, 3.8) is 0 Å². The summed E-state index contributed by atoms with van der Waals surface area (Å²) >= 11 is 2.28. The van der Waals surface area contributed by atoms with Gasteiger partial charge < -0.3 is 10.6 Å². The van der Waals surface area contributed by atoms with Crippen LogP contribution in [0.4, 0.5) is 5.69 Å². The van der Waals surface area contributed by atoms with E-state index in [9.17, 15) is 4.79 Å². The van der Waals surface area contributed by atoms with Crippen molar-refractivity contribution < 1.29 is 4.79 Å². The fraction of sp³-hybridized carbons (Fsp3) is 0.533. The molecule has 5 heteroatoms. The van der Waals surface area contributed by atoms with E-state index in [1.165, 1.54) is 3.57 Å². The van der Waals surface area contributed by atoms with E-state index in [4.69, 9.17) is 0 Å². The second-order valence-corrected chi connectivity index (χ2v) is 7.16. The highest BCUT2D eigenvalue weighted by molar-refractivity contribution is 14.1. The molecular weight excluding hydrogens is 365 g/mol. The van der Waals surface area contributed by atoms with E-state index in [-0.39, 0.29) is 11.4 Å². The summed E-state index contributed by atoms with van der Waals surface area (Å²) in [5.41, 5.74) is 2.03. The first-order valence-electron chi connectivity index (χ1n) is 6.90. The van der Waals surface area contributed by atoms with Crippen molar-refractivity contribution in [2.24, 2.45) is 0 Å². The fourth-order valence-corrected chi connectivity index (χ4v) is 3.09. The highest BCUT2D eigenvalue weighted by atomic mass is 127. The van der Waals surface area contributed by atoms with Crippen molar-refractivity contribution in [3.8, 4) is 0 Å². The lowest BCUT2D eigenvalue weighted by Crippen LogP contribution is -2.59. The average molecular weight is 387 g/mol. The molecule has 110 valence electrons. The topological polar surface area (TPSA) is 44.4 Å². The van der Waals surface area contributed by atoms with Gasteiger partial charge in [-0.15, -0.1) is 0 Å². The summed E-state index contributed by atoms with van der Waals surface area (Å²) in [4.78, 5) is 14.5. The van der Waals surface area contributed by atoms with Crippen molar-refractivity contribution in [1.82, 2.24) is 10.2 Å². The number of aryl methyl sites for hydroxylation is 1. The number of rotatable bonds is 3. The number of anilines is 1. The van der Waals surface area contributed by atoms with Gasteiger partial charge in [-0.05, 0) is 67.1 Å². The lowest BCUT2D eigenvalue weighted by Gasteiger charge is -2.42. The minimum atomic E-state index is 0.0245. The van der Waals surface area contributed by atoms with Gasteiger partial charge in [-0.1, -0.05) is 0 Å². The number of carbonyl (C=O) groups excluding carboxylic acids is 1. The minimum absolute atomic E-state index is 0.0245. The van der Waals surface area contributed by atoms with E-state index in [1.54, 1.807) is 0 Å². The predicted octanol–water partition coefficient (Wildman–Crippen LogP) is 2.22. The minimum Gasteiger partial charge on any atom is -0.325 e. The number of hydrogen-bond donors (Lipinski definition) is 2. The molecule has 1 aliphatic heterocycles. The van der Waals surface area contributed by atoms with Gasteiger partial charge in [0.05, 0.1) is 6.54 Å². The Balaban J connectivity index is 1.98. The number of halogens is 1. The maximum Gasteiger partial charge on any atom is 0.238 e. The highest BCUT2D eigenvalue weighted by Crippen LogP contribution is 2.19. The second kappa shape index (κ2) is 6.41. The Morgan fingerprint density at radius 2 is 2.25 bits per heavy atom. The summed E-state index contributed by atoms with van der Waals surface area (Å²) < 4.78 is 1.18. The molecule has 0 unspecified atom stereocenters. The van der Waals surface area contributed by atoms with Crippen LogP contribution in [0.2, 0.25) is 0 Å². The van der Waals surface area contributed by atoms with Gasteiger partial charge >= 0.3 is 0 Å². The highest BCUT2D eigenvalue weighted by Gasteiger charge is 2.30. The third-order valence-electron chi connectivity index (χ3n) is 3.77. The fourth-order valence-electron chi connectivity index (χ4n) is 2.45. The third kappa shape index (κ3) is 3.93. The Hall–Kier alpha value is -0.660. The Morgan fingerprint density at radius 1 is 1.50 bits per heavy atom. The van der Waals surface area contributed by atoms with Crippen LogP contribution in [0.1, 0.15) is 19.4 Å². The molecule has 0 aliphatic carbocycles. The van der Waals surface area contributed by atoms with Gasteiger partial charge in [-0.25, -0.2) is 0 Å². The lowest BCUT2D eigenvalue weighted by atomic mass is 10.0. The van der Waals surface area contributed by atoms with Crippen LogP contribution in [0, 0.1) is 10.5 Å². The van der Waals surface area contributed by atoms with E-state index in [2.05, 4.69) is 58.0 Å². The number of nitrogens with one attached hydrogen (secondary N) is 2. The number of hydrogen-bond acceptors (Lipinski definition) is 3. The standard InChI is InChI=1S/C15H22IN3O/c1-11-8-12(16)4-5-13(11)18-14(20)9-19-7-6-17-10-15(19,2)3/h4-5,8,17H,6-7,9-10H2,1-3H3,(H,18,20). The molecular formula is C15H22IN3O. The first-order chi connectivity index (χ1) is 9.38. The number of benzene rings is 1. The van der Waals surface area contributed by atoms with Crippen molar-refractivity contribution >= 4 is 34.2 Å². The largest absolute Gasteiger partial charge is 0.325 e. The van der Waals surface area contributed by atoms with Crippen LogP contribution < -0.4 is 10.6 Å². The SMILES string of the molecule is Cc1cc(I)ccc1NC(=O)CN1CCNCC1(C)C. The van der Waals surface area contributed by atoms with Crippen LogP contribution in [-0.2, 0) is 4.79 Å². The Bertz CT molecular complexity index is 502. The summed E-state index contributed by atoms with van der Waals surface area (Å²) in [6, 6.07) is 6.06. The average Bonchev–Trinajstić information content (AvgIpc) is 2.35. The molecule has 4 nitrogen and oxygen atoms in total. The first kappa shape index (κ1) is 15.7. The van der Waals surface area contributed by atoms with Crippen LogP contribution in [-0.4, -0.2) is 42.5 Å². The molecule has 1 saturated heterocycles. The molecule has 0 atom stereocenters. The van der Waals surface area contributed by atoms with Crippen LogP contribution >= 0.6 is 22.6 Å². The molecule has 0 aromatic heterocycles. The van der Waals surface area contributed by atoms with Gasteiger partial charge in [0.2, 0.25) is 5.91 Å². The van der Waals surface area contributed by atoms with Crippen LogP contribution in [0.3, 0.4) is 0 Å². The molecule has 1 amide bonds. The molecule has 1 aromatic carbocycles. The van der Waals surface area contributed by atoms with Crippen LogP contribution in [0.15, 0.2) is 18.2 Å². The summed E-state index contributed by atoms with van der Waals surface area (Å²) in [5, 5.41) is 6.39. The Kier molecular flexibility index (Phi) is 5.04. The van der Waals surface area contributed by atoms with Crippen molar-refractivity contribution in [2.75, 3.05) is 31.5 Å². The number of nitrogens with zero attached hydrogens (tertiary/aromatic N) is 1. The molecule has 0 radical (unpaired) electrons. The van der Waals surface area contributed by atoms with Gasteiger partial charge in [-0.2, -0.15) is 0 Å². The maximum absolute atomic E-state index is 12.2. The zero-order chi connectivity index (χ0) is 14.8. The second-order valence-electron chi connectivity index (χ2n) is 5.92. The smallest absolute Gasteiger partial charge is 0.238 e. The molecule has 2 rings (SSSR count). The number of amides is 1. The quantitative estimate of drug-likeness (QED) is 0.782. The summed E-state index contributed by atoms with van der Waals surface area (Å²) in [6.45, 7) is 9.58. The van der Waals surface area contributed by atoms with Crippen molar-refractivity contribution in [1.29, 1.82) is 0 Å². The zero-order valence-corrected chi connectivity index (χ0v) is 14.5. The molecule has 0 bridgehead atoms. The summed E-state index contributed by atoms with van der Waals surface area (Å²) in [7, 11) is 0. The molecule has 0 spiro atoms. The Morgan fingerprint density at radius 3 is 2.90 bits per heavy atom. The van der Waals surface area contributed by atoms with Gasteiger partial charge in [0.15, 0.2) is 0 Å². The zero-order valence-electron chi connectivity index (χ0n) is 12.3. The van der Waals surface area contributed by atoms with Gasteiger partial charge in [-0.3, -0.25) is 9.69 Å².